The van der Waals surface area contributed by atoms with Gasteiger partial charge in [-0.1, -0.05) is 0 Å². The highest BCUT2D eigenvalue weighted by Gasteiger charge is 2.15. The summed E-state index contributed by atoms with van der Waals surface area (Å²) >= 11 is 1.50. The number of thiazole rings is 1. The number of aromatic nitrogens is 1. The van der Waals surface area contributed by atoms with Crippen molar-refractivity contribution in [2.45, 2.75) is 6.42 Å². The Hall–Kier alpha value is -1.67. The molecule has 0 spiro atoms. The highest BCUT2D eigenvalue weighted by atomic mass is 32.1. The van der Waals surface area contributed by atoms with Crippen molar-refractivity contribution in [2.75, 3.05) is 33.4 Å². The van der Waals surface area contributed by atoms with Crippen LogP contribution in [0.15, 0.2) is 10.9 Å². The van der Waals surface area contributed by atoms with Crippen LogP contribution in [0.25, 0.3) is 0 Å². The molecule has 0 unspecified atom stereocenters. The quantitative estimate of drug-likeness (QED) is 0.723. The van der Waals surface area contributed by atoms with E-state index in [2.05, 4.69) is 10.3 Å². The van der Waals surface area contributed by atoms with Gasteiger partial charge in [0.05, 0.1) is 17.8 Å². The number of hydrogen-bond donors (Lipinski definition) is 2. The van der Waals surface area contributed by atoms with Crippen LogP contribution in [0.3, 0.4) is 0 Å². The molecule has 2 amide bonds. The third-order valence-corrected chi connectivity index (χ3v) is 2.95. The van der Waals surface area contributed by atoms with Crippen molar-refractivity contribution < 1.29 is 19.4 Å². The highest BCUT2D eigenvalue weighted by Crippen LogP contribution is 2.00. The van der Waals surface area contributed by atoms with Crippen LogP contribution in [-0.2, 0) is 16.0 Å². The van der Waals surface area contributed by atoms with E-state index >= 15 is 0 Å². The van der Waals surface area contributed by atoms with Crippen molar-refractivity contribution >= 4 is 23.3 Å². The normalized spacial score (nSPS) is 10.2. The number of nitrogens with one attached hydrogen (secondary N) is 1. The molecule has 0 bridgehead atoms. The molecule has 0 aliphatic carbocycles. The molecular weight excluding hydrogens is 270 g/mol. The van der Waals surface area contributed by atoms with Crippen LogP contribution in [0.4, 0.5) is 4.79 Å². The van der Waals surface area contributed by atoms with Gasteiger partial charge in [-0.25, -0.2) is 9.78 Å². The molecule has 2 N–H and O–H groups in total. The molecule has 0 radical (unpaired) electrons. The number of methoxy groups -OCH3 is 1. The van der Waals surface area contributed by atoms with Crippen molar-refractivity contribution in [2.24, 2.45) is 0 Å². The molecule has 0 aliphatic heterocycles. The number of amides is 2. The van der Waals surface area contributed by atoms with Gasteiger partial charge in [-0.15, -0.1) is 11.3 Å². The van der Waals surface area contributed by atoms with Gasteiger partial charge < -0.3 is 20.1 Å². The number of aliphatic carboxylic acids is 1. The first-order valence-electron chi connectivity index (χ1n) is 5.74. The summed E-state index contributed by atoms with van der Waals surface area (Å²) in [5.74, 6) is -1.05. The maximum atomic E-state index is 11.8. The Labute approximate surface area is 115 Å². The molecule has 8 heteroatoms. The SMILES string of the molecule is COCCN(CC(=O)O)C(=O)NCCc1cscn1. The van der Waals surface area contributed by atoms with Crippen molar-refractivity contribution in [3.05, 3.63) is 16.6 Å². The first kappa shape index (κ1) is 15.4. The Bertz CT molecular complexity index is 397. The number of carbonyl (C=O) groups is 2. The maximum absolute atomic E-state index is 11.8. The number of carboxylic acid groups (broad SMARTS) is 1. The topological polar surface area (TPSA) is 91.8 Å². The van der Waals surface area contributed by atoms with Gasteiger partial charge in [-0.2, -0.15) is 0 Å². The Balaban J connectivity index is 2.35. The fraction of sp³-hybridized carbons (Fsp3) is 0.545. The van der Waals surface area contributed by atoms with Gasteiger partial charge in [0.15, 0.2) is 0 Å². The third kappa shape index (κ3) is 6.16. The van der Waals surface area contributed by atoms with Gasteiger partial charge in [-0.05, 0) is 0 Å². The van der Waals surface area contributed by atoms with Crippen LogP contribution in [0.5, 0.6) is 0 Å². The Morgan fingerprint density at radius 3 is 2.95 bits per heavy atom. The summed E-state index contributed by atoms with van der Waals surface area (Å²) in [4.78, 5) is 27.8. The molecule has 19 heavy (non-hydrogen) atoms. The van der Waals surface area contributed by atoms with Gasteiger partial charge in [0.1, 0.15) is 6.54 Å². The summed E-state index contributed by atoms with van der Waals surface area (Å²) in [6.45, 7) is 0.621. The predicted molar refractivity (Wildman–Crippen MR) is 70.3 cm³/mol. The molecule has 0 atom stereocenters. The van der Waals surface area contributed by atoms with Gasteiger partial charge in [0.25, 0.3) is 0 Å². The van der Waals surface area contributed by atoms with Gasteiger partial charge in [0.2, 0.25) is 0 Å². The molecule has 1 aromatic heterocycles. The molecule has 7 nitrogen and oxygen atoms in total. The molecule has 1 rings (SSSR count). The lowest BCUT2D eigenvalue weighted by atomic mass is 10.3. The van der Waals surface area contributed by atoms with E-state index in [9.17, 15) is 9.59 Å². The second-order valence-electron chi connectivity index (χ2n) is 3.77. The van der Waals surface area contributed by atoms with E-state index < -0.39 is 12.0 Å². The summed E-state index contributed by atoms with van der Waals surface area (Å²) in [6.07, 6.45) is 0.625. The van der Waals surface area contributed by atoms with Crippen LogP contribution in [-0.4, -0.2) is 60.3 Å². The fourth-order valence-electron chi connectivity index (χ4n) is 1.39. The average Bonchev–Trinajstić information content (AvgIpc) is 2.87. The van der Waals surface area contributed by atoms with E-state index in [1.807, 2.05) is 5.38 Å². The Morgan fingerprint density at radius 1 is 1.58 bits per heavy atom. The monoisotopic (exact) mass is 287 g/mol. The zero-order valence-electron chi connectivity index (χ0n) is 10.7. The van der Waals surface area contributed by atoms with E-state index in [0.717, 1.165) is 5.69 Å². The third-order valence-electron chi connectivity index (χ3n) is 2.32. The standard InChI is InChI=1S/C11H17N3O4S/c1-18-5-4-14(6-10(15)16)11(17)12-3-2-9-7-19-8-13-9/h7-8H,2-6H2,1H3,(H,12,17)(H,15,16). The number of nitrogens with zero attached hydrogens (tertiary/aromatic N) is 2. The molecule has 0 aliphatic rings. The summed E-state index contributed by atoms with van der Waals surface area (Å²) in [5, 5.41) is 13.3. The van der Waals surface area contributed by atoms with Crippen molar-refractivity contribution in [1.82, 2.24) is 15.2 Å². The van der Waals surface area contributed by atoms with Gasteiger partial charge in [-0.3, -0.25) is 4.79 Å². The minimum Gasteiger partial charge on any atom is -0.480 e. The highest BCUT2D eigenvalue weighted by molar-refractivity contribution is 7.07. The number of carbonyl (C=O) groups excluding carboxylic acids is 1. The lowest BCUT2D eigenvalue weighted by Crippen LogP contribution is -2.44. The van der Waals surface area contributed by atoms with E-state index in [0.29, 0.717) is 19.6 Å². The number of carboxylic acids is 1. The predicted octanol–water partition coefficient (Wildman–Crippen LogP) is 0.428. The van der Waals surface area contributed by atoms with Crippen LogP contribution in [0.1, 0.15) is 5.69 Å². The van der Waals surface area contributed by atoms with Crippen LogP contribution >= 0.6 is 11.3 Å². The lowest BCUT2D eigenvalue weighted by molar-refractivity contribution is -0.137. The zero-order valence-corrected chi connectivity index (χ0v) is 11.5. The molecule has 1 aromatic rings. The summed E-state index contributed by atoms with van der Waals surface area (Å²) in [6, 6.07) is -0.408. The van der Waals surface area contributed by atoms with Gasteiger partial charge >= 0.3 is 12.0 Å². The molecular formula is C11H17N3O4S. The lowest BCUT2D eigenvalue weighted by Gasteiger charge is -2.20. The smallest absolute Gasteiger partial charge is 0.323 e. The van der Waals surface area contributed by atoms with Crippen LogP contribution in [0, 0.1) is 0 Å². The largest absolute Gasteiger partial charge is 0.480 e. The minimum absolute atomic E-state index is 0.241. The van der Waals surface area contributed by atoms with E-state index in [1.54, 1.807) is 5.51 Å². The Morgan fingerprint density at radius 2 is 2.37 bits per heavy atom. The summed E-state index contributed by atoms with van der Waals surface area (Å²) in [7, 11) is 1.50. The maximum Gasteiger partial charge on any atom is 0.323 e. The average molecular weight is 287 g/mol. The molecule has 1 heterocycles. The number of ether oxygens (including phenoxy) is 1. The summed E-state index contributed by atoms with van der Waals surface area (Å²) in [5.41, 5.74) is 2.64. The molecule has 0 fully saturated rings. The van der Waals surface area contributed by atoms with Crippen LogP contribution < -0.4 is 5.32 Å². The second kappa shape index (κ2) is 8.44. The molecule has 106 valence electrons. The number of hydrogen-bond acceptors (Lipinski definition) is 5. The van der Waals surface area contributed by atoms with E-state index in [1.165, 1.54) is 23.3 Å². The van der Waals surface area contributed by atoms with Crippen molar-refractivity contribution in [3.63, 3.8) is 0 Å². The van der Waals surface area contributed by atoms with E-state index in [-0.39, 0.29) is 13.1 Å². The minimum atomic E-state index is -1.05. The first-order valence-corrected chi connectivity index (χ1v) is 6.68. The molecule has 0 aromatic carbocycles. The molecule has 0 saturated carbocycles. The van der Waals surface area contributed by atoms with Gasteiger partial charge in [0, 0.05) is 32.0 Å². The van der Waals surface area contributed by atoms with Crippen LogP contribution in [0.2, 0.25) is 0 Å². The molecule has 0 saturated heterocycles. The Kier molecular flexibility index (Phi) is 6.83. The number of urea groups is 1. The van der Waals surface area contributed by atoms with E-state index in [4.69, 9.17) is 9.84 Å². The summed E-state index contributed by atoms with van der Waals surface area (Å²) < 4.78 is 4.84. The van der Waals surface area contributed by atoms with Crippen molar-refractivity contribution in [1.29, 1.82) is 0 Å². The fourth-order valence-corrected chi connectivity index (χ4v) is 1.98. The second-order valence-corrected chi connectivity index (χ2v) is 4.49. The first-order chi connectivity index (χ1) is 9.13. The zero-order chi connectivity index (χ0) is 14.1. The number of rotatable bonds is 8. The van der Waals surface area contributed by atoms with Crippen molar-refractivity contribution in [3.8, 4) is 0 Å².